The number of hydrogen-bond acceptors (Lipinski definition) is 5. The van der Waals surface area contributed by atoms with Crippen molar-refractivity contribution in [3.8, 4) is 0 Å². The van der Waals surface area contributed by atoms with Crippen molar-refractivity contribution >= 4 is 8.80 Å². The normalized spacial score (nSPS) is 22.8. The minimum absolute atomic E-state index is 0.0336. The van der Waals surface area contributed by atoms with E-state index in [9.17, 15) is 0 Å². The summed E-state index contributed by atoms with van der Waals surface area (Å²) in [6, 6.07) is 0. The summed E-state index contributed by atoms with van der Waals surface area (Å²) in [5.41, 5.74) is 0. The summed E-state index contributed by atoms with van der Waals surface area (Å²) in [6.07, 6.45) is 0.326. The van der Waals surface area contributed by atoms with Crippen LogP contribution in [0.25, 0.3) is 0 Å². The molecule has 1 aliphatic rings. The highest BCUT2D eigenvalue weighted by Crippen LogP contribution is 2.11. The molecule has 0 aliphatic carbocycles. The van der Waals surface area contributed by atoms with E-state index in [0.717, 1.165) is 6.61 Å². The Morgan fingerprint density at radius 1 is 1.40 bits per heavy atom. The van der Waals surface area contributed by atoms with Gasteiger partial charge in [-0.2, -0.15) is 0 Å². The lowest BCUT2D eigenvalue weighted by Crippen LogP contribution is -2.42. The molecule has 0 aromatic carbocycles. The first kappa shape index (κ1) is 13.1. The number of ether oxygens (including phenoxy) is 2. The third-order valence-corrected chi connectivity index (χ3v) is 4.47. The van der Waals surface area contributed by atoms with Crippen LogP contribution in [0.5, 0.6) is 0 Å². The molecule has 5 nitrogen and oxygen atoms in total. The van der Waals surface area contributed by atoms with Crippen LogP contribution in [0.4, 0.5) is 0 Å². The molecule has 1 rings (SSSR count). The van der Waals surface area contributed by atoms with Crippen LogP contribution in [0.2, 0.25) is 6.55 Å². The summed E-state index contributed by atoms with van der Waals surface area (Å²) in [7, 11) is 0.781. The summed E-state index contributed by atoms with van der Waals surface area (Å²) in [6.45, 7) is 5.75. The van der Waals surface area contributed by atoms with E-state index in [1.54, 1.807) is 14.2 Å². The molecule has 0 bridgehead atoms. The van der Waals surface area contributed by atoms with Crippen molar-refractivity contribution in [3.05, 3.63) is 0 Å². The average Bonchev–Trinajstić information content (AvgIpc) is 3.07. The third kappa shape index (κ3) is 5.05. The molecule has 0 radical (unpaired) electrons. The molecule has 2 unspecified atom stereocenters. The summed E-state index contributed by atoms with van der Waals surface area (Å²) >= 11 is 0. The van der Waals surface area contributed by atoms with Crippen molar-refractivity contribution < 1.29 is 22.8 Å². The fourth-order valence-corrected chi connectivity index (χ4v) is 1.89. The molecule has 2 atom stereocenters. The quantitative estimate of drug-likeness (QED) is 0.458. The largest absolute Gasteiger partial charge is 0.497 e. The maximum absolute atomic E-state index is 5.57. The van der Waals surface area contributed by atoms with Crippen LogP contribution in [0.15, 0.2) is 0 Å². The van der Waals surface area contributed by atoms with Gasteiger partial charge in [0.15, 0.2) is 0 Å². The molecule has 0 aromatic rings. The molecule has 15 heavy (non-hydrogen) atoms. The van der Waals surface area contributed by atoms with Gasteiger partial charge in [-0.05, 0) is 6.92 Å². The molecule has 0 amide bonds. The summed E-state index contributed by atoms with van der Waals surface area (Å²) in [4.78, 5) is 0. The number of epoxide rings is 1. The van der Waals surface area contributed by atoms with Crippen molar-refractivity contribution in [1.29, 1.82) is 0 Å². The zero-order chi connectivity index (χ0) is 11.3. The first-order chi connectivity index (χ1) is 7.09. The molecule has 0 N–H and O–H groups in total. The molecule has 0 spiro atoms. The van der Waals surface area contributed by atoms with Gasteiger partial charge in [-0.25, -0.2) is 0 Å². The minimum atomic E-state index is -2.41. The maximum atomic E-state index is 5.57. The van der Waals surface area contributed by atoms with Crippen LogP contribution in [0.1, 0.15) is 6.92 Å². The first-order valence-electron chi connectivity index (χ1n) is 5.07. The Kier molecular flexibility index (Phi) is 5.17. The van der Waals surface area contributed by atoms with Gasteiger partial charge in [0.25, 0.3) is 0 Å². The van der Waals surface area contributed by atoms with E-state index in [1.165, 1.54) is 0 Å². The van der Waals surface area contributed by atoms with Gasteiger partial charge in [0.2, 0.25) is 0 Å². The van der Waals surface area contributed by atoms with Crippen LogP contribution in [-0.2, 0) is 22.8 Å². The SMILES string of the molecule is CO[Si](C)(OC)OCC(C)OCC1CO1. The summed E-state index contributed by atoms with van der Waals surface area (Å²) < 4.78 is 26.5. The lowest BCUT2D eigenvalue weighted by molar-refractivity contribution is -0.000270. The lowest BCUT2D eigenvalue weighted by Gasteiger charge is -2.24. The van der Waals surface area contributed by atoms with Crippen molar-refractivity contribution in [2.75, 3.05) is 34.0 Å². The van der Waals surface area contributed by atoms with E-state index in [0.29, 0.717) is 19.3 Å². The molecule has 1 fully saturated rings. The molecule has 90 valence electrons. The average molecular weight is 236 g/mol. The molecular formula is C9H20O5Si. The van der Waals surface area contributed by atoms with E-state index in [1.807, 2.05) is 13.5 Å². The number of hydrogen-bond donors (Lipinski definition) is 0. The predicted molar refractivity (Wildman–Crippen MR) is 56.7 cm³/mol. The van der Waals surface area contributed by atoms with E-state index >= 15 is 0 Å². The summed E-state index contributed by atoms with van der Waals surface area (Å²) in [5.74, 6) is 0. The molecule has 0 aromatic heterocycles. The Morgan fingerprint density at radius 3 is 2.47 bits per heavy atom. The Bertz CT molecular complexity index is 181. The zero-order valence-corrected chi connectivity index (χ0v) is 10.8. The van der Waals surface area contributed by atoms with Crippen molar-refractivity contribution in [2.45, 2.75) is 25.7 Å². The molecule has 0 saturated carbocycles. The highest BCUT2D eigenvalue weighted by atomic mass is 28.4. The van der Waals surface area contributed by atoms with Crippen LogP contribution in [-0.4, -0.2) is 55.1 Å². The molecule has 6 heteroatoms. The highest BCUT2D eigenvalue weighted by Gasteiger charge is 2.32. The second-order valence-electron chi connectivity index (χ2n) is 3.68. The smallest absolute Gasteiger partial charge is 0.377 e. The van der Waals surface area contributed by atoms with Gasteiger partial charge in [0.05, 0.1) is 25.9 Å². The van der Waals surface area contributed by atoms with Crippen LogP contribution in [0.3, 0.4) is 0 Å². The Hall–Kier alpha value is 0.0169. The summed E-state index contributed by atoms with van der Waals surface area (Å²) in [5, 5.41) is 0. The van der Waals surface area contributed by atoms with Gasteiger partial charge >= 0.3 is 8.80 Å². The van der Waals surface area contributed by atoms with Gasteiger partial charge in [-0.3, -0.25) is 0 Å². The Balaban J connectivity index is 2.10. The number of rotatable bonds is 8. The molecule has 1 heterocycles. The third-order valence-electron chi connectivity index (χ3n) is 2.29. The highest BCUT2D eigenvalue weighted by molar-refractivity contribution is 6.59. The standard InChI is InChI=1S/C9H20O5Si/c1-8(12-6-9-7-13-9)5-14-15(4,10-2)11-3/h8-9H,5-7H2,1-4H3. The first-order valence-corrected chi connectivity index (χ1v) is 7.29. The maximum Gasteiger partial charge on any atom is 0.497 e. The zero-order valence-electron chi connectivity index (χ0n) is 9.82. The van der Waals surface area contributed by atoms with E-state index in [4.69, 9.17) is 22.8 Å². The van der Waals surface area contributed by atoms with Crippen molar-refractivity contribution in [1.82, 2.24) is 0 Å². The van der Waals surface area contributed by atoms with E-state index < -0.39 is 8.80 Å². The van der Waals surface area contributed by atoms with E-state index in [-0.39, 0.29) is 6.10 Å². The Labute approximate surface area is 92.0 Å². The molecule has 1 aliphatic heterocycles. The lowest BCUT2D eigenvalue weighted by atomic mass is 10.4. The van der Waals surface area contributed by atoms with Crippen molar-refractivity contribution in [2.24, 2.45) is 0 Å². The molecule has 1 saturated heterocycles. The van der Waals surface area contributed by atoms with Crippen LogP contribution >= 0.6 is 0 Å². The van der Waals surface area contributed by atoms with Crippen LogP contribution < -0.4 is 0 Å². The minimum Gasteiger partial charge on any atom is -0.377 e. The van der Waals surface area contributed by atoms with Gasteiger partial charge in [-0.15, -0.1) is 0 Å². The van der Waals surface area contributed by atoms with E-state index in [2.05, 4.69) is 0 Å². The predicted octanol–water partition coefficient (Wildman–Crippen LogP) is 0.668. The van der Waals surface area contributed by atoms with Gasteiger partial charge in [-0.1, -0.05) is 0 Å². The van der Waals surface area contributed by atoms with Gasteiger partial charge in [0.1, 0.15) is 6.10 Å². The monoisotopic (exact) mass is 236 g/mol. The van der Waals surface area contributed by atoms with Crippen molar-refractivity contribution in [3.63, 3.8) is 0 Å². The fraction of sp³-hybridized carbons (Fsp3) is 1.00. The topological polar surface area (TPSA) is 49.5 Å². The Morgan fingerprint density at radius 2 is 2.00 bits per heavy atom. The second kappa shape index (κ2) is 5.93. The molecular weight excluding hydrogens is 216 g/mol. The van der Waals surface area contributed by atoms with Crippen LogP contribution in [0, 0.1) is 0 Å². The van der Waals surface area contributed by atoms with Gasteiger partial charge in [0, 0.05) is 20.8 Å². The van der Waals surface area contributed by atoms with Gasteiger partial charge < -0.3 is 22.8 Å². The fourth-order valence-electron chi connectivity index (χ4n) is 0.954. The second-order valence-corrected chi connectivity index (χ2v) is 6.51.